The number of thioether (sulfide) groups is 1. The lowest BCUT2D eigenvalue weighted by atomic mass is 9.70. The van der Waals surface area contributed by atoms with E-state index in [1.165, 1.54) is 0 Å². The quantitative estimate of drug-likeness (QED) is 0.548. The first kappa shape index (κ1) is 5.81. The molecule has 0 aromatic heterocycles. The molecule has 1 aliphatic carbocycles. The van der Waals surface area contributed by atoms with E-state index in [-0.39, 0.29) is 0 Å². The molecular weight excluding hydrogens is 130 g/mol. The minimum Gasteiger partial charge on any atom is -0.326 e. The fourth-order valence-corrected chi connectivity index (χ4v) is 2.98. The van der Waals surface area contributed by atoms with Gasteiger partial charge in [0.15, 0.2) is 0 Å². The van der Waals surface area contributed by atoms with Gasteiger partial charge in [0.1, 0.15) is 0 Å². The molecule has 2 heterocycles. The summed E-state index contributed by atoms with van der Waals surface area (Å²) in [5.41, 5.74) is 5.85. The lowest BCUT2D eigenvalue weighted by molar-refractivity contribution is 0.213. The van der Waals surface area contributed by atoms with Crippen molar-refractivity contribution in [2.24, 2.45) is 17.6 Å². The zero-order valence-corrected chi connectivity index (χ0v) is 6.27. The highest BCUT2D eigenvalue weighted by Gasteiger charge is 2.46. The first-order chi connectivity index (χ1) is 4.30. The van der Waals surface area contributed by atoms with E-state index < -0.39 is 0 Å². The Morgan fingerprint density at radius 3 is 2.56 bits per heavy atom. The highest BCUT2D eigenvalue weighted by Crippen LogP contribution is 2.46. The average molecular weight is 141 g/mol. The summed E-state index contributed by atoms with van der Waals surface area (Å²) >= 11 is 1.89. The van der Waals surface area contributed by atoms with Crippen LogP contribution >= 0.6 is 11.8 Å². The van der Waals surface area contributed by atoms with Crippen molar-refractivity contribution in [1.82, 2.24) is 0 Å². The van der Waals surface area contributed by atoms with Gasteiger partial charge in [0.25, 0.3) is 0 Å². The monoisotopic (exact) mass is 141 g/mol. The van der Waals surface area contributed by atoms with Gasteiger partial charge in [-0.15, -0.1) is 11.8 Å². The predicted octanol–water partition coefficient (Wildman–Crippen LogP) is 1.21. The molecule has 3 aliphatic rings. The lowest BCUT2D eigenvalue weighted by Crippen LogP contribution is -2.58. The van der Waals surface area contributed by atoms with Gasteiger partial charge in [-0.05, 0) is 17.2 Å². The Balaban J connectivity index is 2.21. The molecule has 2 N–H and O–H groups in total. The molecule has 1 fully saturated rings. The topological polar surface area (TPSA) is 26.0 Å². The summed E-state index contributed by atoms with van der Waals surface area (Å²) in [6.07, 6.45) is 2.25. The Labute approximate surface area is 59.7 Å². The van der Waals surface area contributed by atoms with Crippen LogP contribution in [0.3, 0.4) is 0 Å². The second-order valence-corrected chi connectivity index (χ2v) is 4.03. The third-order valence-electron chi connectivity index (χ3n) is 2.49. The third kappa shape index (κ3) is 0.606. The summed E-state index contributed by atoms with van der Waals surface area (Å²) in [5, 5.41) is 2.92. The maximum atomic E-state index is 5.85. The van der Waals surface area contributed by atoms with Crippen LogP contribution in [0.1, 0.15) is 6.92 Å². The van der Waals surface area contributed by atoms with E-state index in [2.05, 4.69) is 18.4 Å². The molecule has 2 aliphatic heterocycles. The molecule has 0 aromatic rings. The van der Waals surface area contributed by atoms with Crippen LogP contribution < -0.4 is 5.73 Å². The van der Waals surface area contributed by atoms with Gasteiger partial charge in [0.05, 0.1) is 0 Å². The van der Waals surface area contributed by atoms with Gasteiger partial charge in [-0.1, -0.05) is 13.0 Å². The van der Waals surface area contributed by atoms with Gasteiger partial charge < -0.3 is 5.73 Å². The smallest absolute Gasteiger partial charge is 0.0277 e. The summed E-state index contributed by atoms with van der Waals surface area (Å²) in [4.78, 5) is 0. The standard InChI is InChI=1S/C7H11NS/c1-4-5-2-3-9-7(4)6(5)8/h2-7H,8H2,1H3. The van der Waals surface area contributed by atoms with E-state index in [1.54, 1.807) is 0 Å². The van der Waals surface area contributed by atoms with Crippen molar-refractivity contribution in [3.05, 3.63) is 11.5 Å². The SMILES string of the molecule is CC1C2C=CSC1C2N. The number of nitrogens with two attached hydrogens (primary N) is 1. The molecule has 0 radical (unpaired) electrons. The Morgan fingerprint density at radius 1 is 1.56 bits per heavy atom. The van der Waals surface area contributed by atoms with E-state index in [4.69, 9.17) is 5.73 Å². The Bertz CT molecular complexity index is 145. The van der Waals surface area contributed by atoms with Gasteiger partial charge in [0, 0.05) is 11.3 Å². The fourth-order valence-electron chi connectivity index (χ4n) is 1.74. The fraction of sp³-hybridized carbons (Fsp3) is 0.714. The number of rotatable bonds is 0. The molecule has 1 saturated carbocycles. The molecule has 3 rings (SSSR count). The molecule has 0 aromatic carbocycles. The van der Waals surface area contributed by atoms with Gasteiger partial charge in [-0.2, -0.15) is 0 Å². The van der Waals surface area contributed by atoms with Crippen LogP contribution in [0.15, 0.2) is 11.5 Å². The van der Waals surface area contributed by atoms with Gasteiger partial charge in [-0.3, -0.25) is 0 Å². The lowest BCUT2D eigenvalue weighted by Gasteiger charge is -2.49. The summed E-state index contributed by atoms with van der Waals surface area (Å²) in [7, 11) is 0. The predicted molar refractivity (Wildman–Crippen MR) is 41.1 cm³/mol. The normalized spacial score (nSPS) is 54.9. The largest absolute Gasteiger partial charge is 0.326 e. The van der Waals surface area contributed by atoms with Crippen LogP contribution in [0, 0.1) is 11.8 Å². The summed E-state index contributed by atoms with van der Waals surface area (Å²) < 4.78 is 0. The van der Waals surface area contributed by atoms with Crippen LogP contribution in [0.2, 0.25) is 0 Å². The molecule has 0 saturated heterocycles. The second kappa shape index (κ2) is 1.77. The first-order valence-electron chi connectivity index (χ1n) is 3.38. The highest BCUT2D eigenvalue weighted by molar-refractivity contribution is 8.02. The van der Waals surface area contributed by atoms with Gasteiger partial charge in [0.2, 0.25) is 0 Å². The van der Waals surface area contributed by atoms with Crippen molar-refractivity contribution in [3.63, 3.8) is 0 Å². The second-order valence-electron chi connectivity index (χ2n) is 2.94. The van der Waals surface area contributed by atoms with Crippen LogP contribution in [0.25, 0.3) is 0 Å². The highest BCUT2D eigenvalue weighted by atomic mass is 32.2. The third-order valence-corrected chi connectivity index (χ3v) is 3.86. The summed E-state index contributed by atoms with van der Waals surface area (Å²) in [6, 6.07) is 0.454. The average Bonchev–Trinajstić information content (AvgIpc) is 1.91. The number of fused-ring (bicyclic) bond motifs is 1. The van der Waals surface area contributed by atoms with Crippen molar-refractivity contribution in [2.75, 3.05) is 0 Å². The van der Waals surface area contributed by atoms with Crippen molar-refractivity contribution in [2.45, 2.75) is 18.2 Å². The maximum absolute atomic E-state index is 5.85. The molecule has 4 unspecified atom stereocenters. The van der Waals surface area contributed by atoms with Crippen molar-refractivity contribution < 1.29 is 0 Å². The van der Waals surface area contributed by atoms with Crippen LogP contribution in [-0.2, 0) is 0 Å². The van der Waals surface area contributed by atoms with Gasteiger partial charge >= 0.3 is 0 Å². The first-order valence-corrected chi connectivity index (χ1v) is 4.32. The molecule has 2 bridgehead atoms. The zero-order chi connectivity index (χ0) is 6.43. The summed E-state index contributed by atoms with van der Waals surface area (Å²) in [5.74, 6) is 1.52. The number of hydrogen-bond donors (Lipinski definition) is 1. The van der Waals surface area contributed by atoms with E-state index in [0.29, 0.717) is 12.0 Å². The van der Waals surface area contributed by atoms with Crippen LogP contribution in [0.4, 0.5) is 0 Å². The van der Waals surface area contributed by atoms with E-state index in [0.717, 1.165) is 11.2 Å². The zero-order valence-electron chi connectivity index (χ0n) is 5.45. The Morgan fingerprint density at radius 2 is 2.33 bits per heavy atom. The van der Waals surface area contributed by atoms with Crippen LogP contribution in [0.5, 0.6) is 0 Å². The molecule has 1 nitrogen and oxygen atoms in total. The molecule has 0 spiro atoms. The van der Waals surface area contributed by atoms with E-state index in [9.17, 15) is 0 Å². The van der Waals surface area contributed by atoms with Crippen molar-refractivity contribution in [1.29, 1.82) is 0 Å². The molecule has 4 atom stereocenters. The molecule has 9 heavy (non-hydrogen) atoms. The van der Waals surface area contributed by atoms with Gasteiger partial charge in [-0.25, -0.2) is 0 Å². The van der Waals surface area contributed by atoms with E-state index >= 15 is 0 Å². The molecule has 50 valence electrons. The Kier molecular flexibility index (Phi) is 1.14. The Hall–Kier alpha value is 0.0500. The minimum absolute atomic E-state index is 0.454. The van der Waals surface area contributed by atoms with Crippen molar-refractivity contribution in [3.8, 4) is 0 Å². The van der Waals surface area contributed by atoms with Crippen molar-refractivity contribution >= 4 is 11.8 Å². The van der Waals surface area contributed by atoms with E-state index in [1.807, 2.05) is 11.8 Å². The molecule has 2 heteroatoms. The molecule has 0 amide bonds. The number of hydrogen-bond acceptors (Lipinski definition) is 2. The maximum Gasteiger partial charge on any atom is 0.0277 e. The summed E-state index contributed by atoms with van der Waals surface area (Å²) in [6.45, 7) is 2.29. The minimum atomic E-state index is 0.454. The van der Waals surface area contributed by atoms with Crippen LogP contribution in [-0.4, -0.2) is 11.3 Å². The molecular formula is C7H11NS.